The molecule has 0 aromatic rings. The number of hydrogen-bond donors (Lipinski definition) is 1. The number of carboxylic acids is 1. The van der Waals surface area contributed by atoms with Crippen LogP contribution in [-0.4, -0.2) is 28.9 Å². The molecule has 5 heteroatoms. The number of hydrogen-bond acceptors (Lipinski definition) is 4. The van der Waals surface area contributed by atoms with E-state index in [0.29, 0.717) is 12.0 Å². The van der Waals surface area contributed by atoms with E-state index in [-0.39, 0.29) is 17.8 Å². The Hall–Kier alpha value is -1.65. The quantitative estimate of drug-likeness (QED) is 0.475. The van der Waals surface area contributed by atoms with E-state index in [0.717, 1.165) is 6.08 Å². The van der Waals surface area contributed by atoms with Crippen LogP contribution in [0.1, 0.15) is 41.0 Å². The molecule has 0 spiro atoms. The highest BCUT2D eigenvalue weighted by Crippen LogP contribution is 2.50. The van der Waals surface area contributed by atoms with Crippen molar-refractivity contribution in [1.29, 1.82) is 0 Å². The summed E-state index contributed by atoms with van der Waals surface area (Å²) in [5, 5.41) is 8.87. The number of ketones is 1. The van der Waals surface area contributed by atoms with Crippen molar-refractivity contribution in [2.45, 2.75) is 47.1 Å². The summed E-state index contributed by atoms with van der Waals surface area (Å²) < 4.78 is 5.34. The maximum atomic E-state index is 12.0. The first-order valence-electron chi connectivity index (χ1n) is 6.78. The van der Waals surface area contributed by atoms with E-state index in [4.69, 9.17) is 9.84 Å². The van der Waals surface area contributed by atoms with E-state index in [9.17, 15) is 14.4 Å². The number of esters is 1. The maximum absolute atomic E-state index is 12.0. The molecule has 0 bridgehead atoms. The fraction of sp³-hybridized carbons (Fsp3) is 0.667. The molecule has 1 aliphatic rings. The molecule has 1 N–H and O–H groups in total. The second-order valence-corrected chi connectivity index (χ2v) is 5.69. The van der Waals surface area contributed by atoms with Gasteiger partial charge in [-0.3, -0.25) is 9.59 Å². The number of Topliss-reactive ketones (excluding diaryl/α,β-unsaturated/α-hetero) is 1. The summed E-state index contributed by atoms with van der Waals surface area (Å²) >= 11 is 0. The minimum Gasteiger partial charge on any atom is -0.478 e. The van der Waals surface area contributed by atoms with Gasteiger partial charge in [0.2, 0.25) is 0 Å². The second-order valence-electron chi connectivity index (χ2n) is 5.69. The molecule has 1 saturated heterocycles. The van der Waals surface area contributed by atoms with Gasteiger partial charge in [-0.15, -0.1) is 0 Å². The van der Waals surface area contributed by atoms with Crippen LogP contribution < -0.4 is 0 Å². The summed E-state index contributed by atoms with van der Waals surface area (Å²) in [6.45, 7) is 8.65. The third kappa shape index (κ3) is 2.62. The molecule has 0 saturated carbocycles. The highest BCUT2D eigenvalue weighted by Gasteiger charge is 2.58. The van der Waals surface area contributed by atoms with E-state index in [1.54, 1.807) is 6.92 Å². The Morgan fingerprint density at radius 3 is 2.40 bits per heavy atom. The van der Waals surface area contributed by atoms with E-state index in [1.165, 1.54) is 6.92 Å². The van der Waals surface area contributed by atoms with Gasteiger partial charge in [0.25, 0.3) is 0 Å². The molecule has 20 heavy (non-hydrogen) atoms. The Balaban J connectivity index is 3.28. The van der Waals surface area contributed by atoms with Gasteiger partial charge in [-0.25, -0.2) is 4.79 Å². The first-order chi connectivity index (χ1) is 9.16. The lowest BCUT2D eigenvalue weighted by molar-refractivity contribution is -0.146. The number of rotatable bonds is 5. The van der Waals surface area contributed by atoms with Crippen LogP contribution in [0.3, 0.4) is 0 Å². The lowest BCUT2D eigenvalue weighted by Crippen LogP contribution is -2.43. The normalized spacial score (nSPS) is 31.9. The number of carbonyl (C=O) groups is 3. The Kier molecular flexibility index (Phi) is 4.73. The van der Waals surface area contributed by atoms with Crippen molar-refractivity contribution in [1.82, 2.24) is 0 Å². The fourth-order valence-electron chi connectivity index (χ4n) is 3.24. The average Bonchev–Trinajstić information content (AvgIpc) is 2.59. The number of ether oxygens (including phenoxy) is 1. The monoisotopic (exact) mass is 282 g/mol. The van der Waals surface area contributed by atoms with Gasteiger partial charge in [-0.05, 0) is 26.2 Å². The van der Waals surface area contributed by atoms with Gasteiger partial charge in [0, 0.05) is 11.5 Å². The van der Waals surface area contributed by atoms with Gasteiger partial charge in [0.15, 0.2) is 0 Å². The van der Waals surface area contributed by atoms with Crippen molar-refractivity contribution in [2.24, 2.45) is 17.3 Å². The van der Waals surface area contributed by atoms with Crippen LogP contribution in [0.5, 0.6) is 0 Å². The van der Waals surface area contributed by atoms with Gasteiger partial charge >= 0.3 is 11.9 Å². The van der Waals surface area contributed by atoms with Crippen molar-refractivity contribution >= 4 is 17.7 Å². The number of carboxylic acid groups (broad SMARTS) is 1. The highest BCUT2D eigenvalue weighted by molar-refractivity contribution is 6.00. The summed E-state index contributed by atoms with van der Waals surface area (Å²) in [6, 6.07) is 0. The number of cyclic esters (lactones) is 1. The predicted molar refractivity (Wildman–Crippen MR) is 73.0 cm³/mol. The first kappa shape index (κ1) is 16.4. The van der Waals surface area contributed by atoms with Gasteiger partial charge < -0.3 is 9.84 Å². The zero-order chi connectivity index (χ0) is 15.7. The molecule has 0 aliphatic carbocycles. The van der Waals surface area contributed by atoms with E-state index < -0.39 is 23.3 Å². The van der Waals surface area contributed by atoms with E-state index >= 15 is 0 Å². The lowest BCUT2D eigenvalue weighted by atomic mass is 9.63. The molecule has 1 heterocycles. The van der Waals surface area contributed by atoms with Crippen LogP contribution in [0.2, 0.25) is 0 Å². The molecule has 0 amide bonds. The topological polar surface area (TPSA) is 80.7 Å². The van der Waals surface area contributed by atoms with E-state index in [2.05, 4.69) is 0 Å². The van der Waals surface area contributed by atoms with Crippen LogP contribution in [0.15, 0.2) is 11.6 Å². The van der Waals surface area contributed by atoms with Crippen LogP contribution in [0.4, 0.5) is 0 Å². The molecule has 3 unspecified atom stereocenters. The van der Waals surface area contributed by atoms with Gasteiger partial charge in [0.1, 0.15) is 17.8 Å². The molecular weight excluding hydrogens is 260 g/mol. The number of aliphatic carboxylic acids is 1. The number of allylic oxidation sites excluding steroid dienone is 1. The van der Waals surface area contributed by atoms with Crippen LogP contribution >= 0.6 is 0 Å². The molecule has 1 rings (SSSR count). The highest BCUT2D eigenvalue weighted by atomic mass is 16.6. The predicted octanol–water partition coefficient (Wildman–Crippen LogP) is 2.20. The molecule has 4 atom stereocenters. The Morgan fingerprint density at radius 2 is 2.00 bits per heavy atom. The summed E-state index contributed by atoms with van der Waals surface area (Å²) in [7, 11) is 0. The first-order valence-corrected chi connectivity index (χ1v) is 6.78. The fourth-order valence-corrected chi connectivity index (χ4v) is 3.24. The third-order valence-electron chi connectivity index (χ3n) is 4.55. The number of carbonyl (C=O) groups excluding carboxylic acids is 2. The molecule has 0 aromatic heterocycles. The second kappa shape index (κ2) is 5.77. The van der Waals surface area contributed by atoms with Crippen molar-refractivity contribution in [3.8, 4) is 0 Å². The smallest absolute Gasteiger partial charge is 0.328 e. The van der Waals surface area contributed by atoms with E-state index in [1.807, 2.05) is 20.8 Å². The molecule has 0 radical (unpaired) electrons. The van der Waals surface area contributed by atoms with Crippen molar-refractivity contribution in [3.05, 3.63) is 11.6 Å². The summed E-state index contributed by atoms with van der Waals surface area (Å²) in [5.41, 5.74) is -0.0868. The summed E-state index contributed by atoms with van der Waals surface area (Å²) in [5.74, 6) is -2.84. The van der Waals surface area contributed by atoms with Crippen LogP contribution in [0, 0.1) is 17.3 Å². The SMILES string of the molecule is CCC1OC(=O)C(C(C)=O)[C@]1(C)C(C)/C(C)=C\C(=O)O. The van der Waals surface area contributed by atoms with Crippen molar-refractivity contribution < 1.29 is 24.2 Å². The van der Waals surface area contributed by atoms with Gasteiger partial charge in [-0.1, -0.05) is 26.3 Å². The van der Waals surface area contributed by atoms with Crippen LogP contribution in [0.25, 0.3) is 0 Å². The summed E-state index contributed by atoms with van der Waals surface area (Å²) in [6.07, 6.45) is 1.34. The minimum atomic E-state index is -1.03. The summed E-state index contributed by atoms with van der Waals surface area (Å²) in [4.78, 5) is 34.6. The largest absolute Gasteiger partial charge is 0.478 e. The van der Waals surface area contributed by atoms with Gasteiger partial charge in [0.05, 0.1) is 0 Å². The Morgan fingerprint density at radius 1 is 1.45 bits per heavy atom. The molecule has 112 valence electrons. The minimum absolute atomic E-state index is 0.233. The average molecular weight is 282 g/mol. The lowest BCUT2D eigenvalue weighted by Gasteiger charge is -2.38. The Labute approximate surface area is 119 Å². The van der Waals surface area contributed by atoms with Crippen molar-refractivity contribution in [2.75, 3.05) is 0 Å². The zero-order valence-electron chi connectivity index (χ0n) is 12.6. The molecule has 1 fully saturated rings. The van der Waals surface area contributed by atoms with Gasteiger partial charge in [-0.2, -0.15) is 0 Å². The molecule has 1 aliphatic heterocycles. The zero-order valence-corrected chi connectivity index (χ0v) is 12.6. The van der Waals surface area contributed by atoms with Crippen LogP contribution in [-0.2, 0) is 19.1 Å². The molecule has 0 aromatic carbocycles. The van der Waals surface area contributed by atoms with Crippen molar-refractivity contribution in [3.63, 3.8) is 0 Å². The standard InChI is InChI=1S/C15H22O5/c1-6-11-15(5,9(3)8(2)7-12(17)18)13(10(4)16)14(19)20-11/h7,9,11,13H,6H2,1-5H3,(H,17,18)/b8-7-/t9?,11?,13?,15-/m1/s1. The molecular formula is C15H22O5. The Bertz CT molecular complexity index is 465. The maximum Gasteiger partial charge on any atom is 0.328 e. The molecule has 5 nitrogen and oxygen atoms in total. The third-order valence-corrected chi connectivity index (χ3v) is 4.55.